The highest BCUT2D eigenvalue weighted by atomic mass is 15.2. The molecule has 3 rings (SSSR count). The number of pyridine rings is 1. The van der Waals surface area contributed by atoms with Crippen LogP contribution in [0.2, 0.25) is 0 Å². The van der Waals surface area contributed by atoms with Gasteiger partial charge in [-0.3, -0.25) is 4.98 Å². The van der Waals surface area contributed by atoms with Gasteiger partial charge in [0.1, 0.15) is 0 Å². The van der Waals surface area contributed by atoms with Crippen molar-refractivity contribution in [3.8, 4) is 0 Å². The van der Waals surface area contributed by atoms with Crippen LogP contribution in [-0.4, -0.2) is 20.6 Å². The molecule has 2 aromatic heterocycles. The van der Waals surface area contributed by atoms with Gasteiger partial charge in [0.25, 0.3) is 0 Å². The molecule has 0 amide bonds. The van der Waals surface area contributed by atoms with Gasteiger partial charge >= 0.3 is 0 Å². The summed E-state index contributed by atoms with van der Waals surface area (Å²) in [6, 6.07) is 4.92. The van der Waals surface area contributed by atoms with Crippen LogP contribution >= 0.6 is 0 Å². The van der Waals surface area contributed by atoms with E-state index >= 15 is 0 Å². The zero-order valence-corrected chi connectivity index (χ0v) is 12.0. The van der Waals surface area contributed by atoms with Crippen molar-refractivity contribution in [3.05, 3.63) is 42.5 Å². The van der Waals surface area contributed by atoms with E-state index in [2.05, 4.69) is 32.8 Å². The molecule has 4 heteroatoms. The quantitative estimate of drug-likeness (QED) is 0.922. The number of hydrogen-bond acceptors (Lipinski definition) is 3. The SMILES string of the molecule is CC(c1cccnc1)n1ccnc1NC1CCCCC1. The lowest BCUT2D eigenvalue weighted by atomic mass is 9.96. The van der Waals surface area contributed by atoms with Crippen LogP contribution in [0.15, 0.2) is 36.9 Å². The Labute approximate surface area is 120 Å². The third-order valence-electron chi connectivity index (χ3n) is 4.19. The molecule has 0 aliphatic heterocycles. The van der Waals surface area contributed by atoms with Crippen molar-refractivity contribution in [3.63, 3.8) is 0 Å². The second-order valence-electron chi connectivity index (χ2n) is 5.60. The van der Waals surface area contributed by atoms with Crippen LogP contribution in [0.1, 0.15) is 50.6 Å². The first kappa shape index (κ1) is 13.2. The van der Waals surface area contributed by atoms with E-state index in [1.165, 1.54) is 37.7 Å². The molecule has 1 atom stereocenters. The van der Waals surface area contributed by atoms with Crippen molar-refractivity contribution in [2.24, 2.45) is 0 Å². The van der Waals surface area contributed by atoms with Crippen molar-refractivity contribution >= 4 is 5.95 Å². The van der Waals surface area contributed by atoms with E-state index in [-0.39, 0.29) is 6.04 Å². The molecule has 106 valence electrons. The molecule has 0 spiro atoms. The van der Waals surface area contributed by atoms with Gasteiger partial charge < -0.3 is 9.88 Å². The first-order valence-corrected chi connectivity index (χ1v) is 7.54. The molecule has 2 heterocycles. The minimum Gasteiger partial charge on any atom is -0.353 e. The Hall–Kier alpha value is -1.84. The van der Waals surface area contributed by atoms with E-state index in [0.29, 0.717) is 6.04 Å². The summed E-state index contributed by atoms with van der Waals surface area (Å²) in [7, 11) is 0. The van der Waals surface area contributed by atoms with Crippen molar-refractivity contribution in [2.75, 3.05) is 5.32 Å². The summed E-state index contributed by atoms with van der Waals surface area (Å²) in [5.41, 5.74) is 1.21. The lowest BCUT2D eigenvalue weighted by Crippen LogP contribution is -2.25. The molecule has 1 N–H and O–H groups in total. The number of nitrogens with one attached hydrogen (secondary N) is 1. The van der Waals surface area contributed by atoms with Gasteiger partial charge in [-0.05, 0) is 31.4 Å². The van der Waals surface area contributed by atoms with Crippen molar-refractivity contribution in [2.45, 2.75) is 51.1 Å². The highest BCUT2D eigenvalue weighted by molar-refractivity contribution is 5.31. The van der Waals surface area contributed by atoms with Gasteiger partial charge in [0.2, 0.25) is 5.95 Å². The van der Waals surface area contributed by atoms with Crippen molar-refractivity contribution in [1.29, 1.82) is 0 Å². The number of imidazole rings is 1. The first-order valence-electron chi connectivity index (χ1n) is 7.54. The second-order valence-corrected chi connectivity index (χ2v) is 5.60. The largest absolute Gasteiger partial charge is 0.353 e. The maximum atomic E-state index is 4.49. The molecule has 20 heavy (non-hydrogen) atoms. The Morgan fingerprint density at radius 3 is 2.85 bits per heavy atom. The number of hydrogen-bond donors (Lipinski definition) is 1. The molecular formula is C16H22N4. The smallest absolute Gasteiger partial charge is 0.203 e. The summed E-state index contributed by atoms with van der Waals surface area (Å²) in [5, 5.41) is 3.61. The molecule has 1 aliphatic rings. The fraction of sp³-hybridized carbons (Fsp3) is 0.500. The molecule has 0 radical (unpaired) electrons. The highest BCUT2D eigenvalue weighted by Crippen LogP contribution is 2.24. The fourth-order valence-electron chi connectivity index (χ4n) is 2.95. The van der Waals surface area contributed by atoms with Crippen LogP contribution in [0.3, 0.4) is 0 Å². The Morgan fingerprint density at radius 1 is 1.25 bits per heavy atom. The lowest BCUT2D eigenvalue weighted by Gasteiger charge is -2.25. The molecule has 4 nitrogen and oxygen atoms in total. The molecule has 1 aliphatic carbocycles. The van der Waals surface area contributed by atoms with E-state index in [4.69, 9.17) is 0 Å². The summed E-state index contributed by atoms with van der Waals surface area (Å²) in [6.45, 7) is 2.19. The summed E-state index contributed by atoms with van der Waals surface area (Å²) in [6.07, 6.45) is 14.2. The predicted octanol–water partition coefficient (Wildman–Crippen LogP) is 3.63. The van der Waals surface area contributed by atoms with Crippen LogP contribution in [-0.2, 0) is 0 Å². The summed E-state index contributed by atoms with van der Waals surface area (Å²) in [4.78, 5) is 8.70. The number of rotatable bonds is 4. The zero-order valence-electron chi connectivity index (χ0n) is 12.0. The van der Waals surface area contributed by atoms with Crippen LogP contribution in [0.5, 0.6) is 0 Å². The molecular weight excluding hydrogens is 248 g/mol. The number of aromatic nitrogens is 3. The average Bonchev–Trinajstić information content (AvgIpc) is 2.96. The van der Waals surface area contributed by atoms with Crippen molar-refractivity contribution in [1.82, 2.24) is 14.5 Å². The molecule has 1 saturated carbocycles. The van der Waals surface area contributed by atoms with E-state index < -0.39 is 0 Å². The van der Waals surface area contributed by atoms with Crippen LogP contribution in [0.25, 0.3) is 0 Å². The van der Waals surface area contributed by atoms with Gasteiger partial charge in [0, 0.05) is 30.8 Å². The van der Waals surface area contributed by atoms with Gasteiger partial charge in [0.05, 0.1) is 6.04 Å². The van der Waals surface area contributed by atoms with Crippen LogP contribution in [0, 0.1) is 0 Å². The maximum absolute atomic E-state index is 4.49. The molecule has 0 saturated heterocycles. The van der Waals surface area contributed by atoms with E-state index in [9.17, 15) is 0 Å². The Bertz CT molecular complexity index is 528. The third kappa shape index (κ3) is 2.84. The summed E-state index contributed by atoms with van der Waals surface area (Å²) >= 11 is 0. The predicted molar refractivity (Wildman–Crippen MR) is 80.8 cm³/mol. The minimum atomic E-state index is 0.247. The minimum absolute atomic E-state index is 0.247. The fourth-order valence-corrected chi connectivity index (χ4v) is 2.95. The van der Waals surface area contributed by atoms with E-state index in [0.717, 1.165) is 5.95 Å². The molecule has 1 fully saturated rings. The van der Waals surface area contributed by atoms with E-state index in [1.54, 1.807) is 0 Å². The monoisotopic (exact) mass is 270 g/mol. The first-order chi connectivity index (χ1) is 9.84. The van der Waals surface area contributed by atoms with Crippen LogP contribution in [0.4, 0.5) is 5.95 Å². The highest BCUT2D eigenvalue weighted by Gasteiger charge is 2.17. The maximum Gasteiger partial charge on any atom is 0.203 e. The summed E-state index contributed by atoms with van der Waals surface area (Å²) in [5.74, 6) is 0.980. The molecule has 2 aromatic rings. The zero-order chi connectivity index (χ0) is 13.8. The normalized spacial score (nSPS) is 17.9. The van der Waals surface area contributed by atoms with Gasteiger partial charge in [-0.25, -0.2) is 4.98 Å². The third-order valence-corrected chi connectivity index (χ3v) is 4.19. The molecule has 0 aromatic carbocycles. The number of anilines is 1. The van der Waals surface area contributed by atoms with Gasteiger partial charge in [-0.15, -0.1) is 0 Å². The standard InChI is InChI=1S/C16H22N4/c1-13(14-6-5-9-17-12-14)20-11-10-18-16(20)19-15-7-3-2-4-8-15/h5-6,9-13,15H,2-4,7-8H2,1H3,(H,18,19). The van der Waals surface area contributed by atoms with Crippen molar-refractivity contribution < 1.29 is 0 Å². The molecule has 1 unspecified atom stereocenters. The second kappa shape index (κ2) is 6.07. The van der Waals surface area contributed by atoms with Gasteiger partial charge in [-0.2, -0.15) is 0 Å². The van der Waals surface area contributed by atoms with Gasteiger partial charge in [0.15, 0.2) is 0 Å². The number of nitrogens with zero attached hydrogens (tertiary/aromatic N) is 3. The summed E-state index contributed by atoms with van der Waals surface area (Å²) < 4.78 is 2.20. The Morgan fingerprint density at radius 2 is 2.10 bits per heavy atom. The van der Waals surface area contributed by atoms with E-state index in [1.807, 2.05) is 30.9 Å². The topological polar surface area (TPSA) is 42.7 Å². The van der Waals surface area contributed by atoms with Crippen LogP contribution < -0.4 is 5.32 Å². The van der Waals surface area contributed by atoms with Gasteiger partial charge in [-0.1, -0.05) is 25.3 Å². The Kier molecular flexibility index (Phi) is 4.00. The lowest BCUT2D eigenvalue weighted by molar-refractivity contribution is 0.458. The Balaban J connectivity index is 1.75. The average molecular weight is 270 g/mol. The molecule has 0 bridgehead atoms.